The molecule has 1 rings (SSSR count). The van der Waals surface area contributed by atoms with Crippen LogP contribution in [0, 0.1) is 0 Å². The van der Waals surface area contributed by atoms with E-state index in [2.05, 4.69) is 9.97 Å². The normalized spacial score (nSPS) is 9.62. The van der Waals surface area contributed by atoms with Crippen molar-refractivity contribution in [2.45, 2.75) is 13.3 Å². The van der Waals surface area contributed by atoms with Gasteiger partial charge in [0.05, 0.1) is 6.61 Å². The minimum absolute atomic E-state index is 0.0796. The number of aromatic nitrogens is 2. The number of hydrogen-bond donors (Lipinski definition) is 1. The van der Waals surface area contributed by atoms with Gasteiger partial charge in [0, 0.05) is 12.4 Å². The molecule has 5 heteroatoms. The maximum absolute atomic E-state index is 10.8. The van der Waals surface area contributed by atoms with Crippen LogP contribution in [0.2, 0.25) is 0 Å². The van der Waals surface area contributed by atoms with Crippen LogP contribution in [-0.2, 0) is 0 Å². The minimum Gasteiger partial charge on any atom is -0.476 e. The van der Waals surface area contributed by atoms with Gasteiger partial charge in [0.25, 0.3) is 5.91 Å². The van der Waals surface area contributed by atoms with E-state index < -0.39 is 5.91 Å². The SMILES string of the molecule is CCCOc1nccnc1C(N)=O. The van der Waals surface area contributed by atoms with Crippen LogP contribution in [0.1, 0.15) is 23.8 Å². The van der Waals surface area contributed by atoms with Gasteiger partial charge in [-0.15, -0.1) is 0 Å². The lowest BCUT2D eigenvalue weighted by Gasteiger charge is -2.04. The summed E-state index contributed by atoms with van der Waals surface area (Å²) in [6.45, 7) is 2.46. The van der Waals surface area contributed by atoms with E-state index in [-0.39, 0.29) is 11.6 Å². The highest BCUT2D eigenvalue weighted by Gasteiger charge is 2.10. The van der Waals surface area contributed by atoms with Crippen LogP contribution in [0.4, 0.5) is 0 Å². The third-order valence-corrected chi connectivity index (χ3v) is 1.34. The van der Waals surface area contributed by atoms with Gasteiger partial charge in [0.1, 0.15) is 0 Å². The number of carbonyl (C=O) groups is 1. The molecule has 70 valence electrons. The molecule has 0 atom stereocenters. The van der Waals surface area contributed by atoms with Crippen molar-refractivity contribution in [3.8, 4) is 5.88 Å². The zero-order valence-electron chi connectivity index (χ0n) is 7.36. The van der Waals surface area contributed by atoms with Crippen molar-refractivity contribution >= 4 is 5.91 Å². The van der Waals surface area contributed by atoms with Crippen molar-refractivity contribution in [2.75, 3.05) is 6.61 Å². The molecule has 0 fully saturated rings. The van der Waals surface area contributed by atoms with Gasteiger partial charge in [-0.3, -0.25) is 4.79 Å². The molecule has 1 heterocycles. The molecule has 0 spiro atoms. The topological polar surface area (TPSA) is 78.1 Å². The average Bonchev–Trinajstić information content (AvgIpc) is 2.15. The summed E-state index contributed by atoms with van der Waals surface area (Å²) in [6.07, 6.45) is 3.70. The van der Waals surface area contributed by atoms with Gasteiger partial charge in [0.15, 0.2) is 5.69 Å². The Morgan fingerprint density at radius 3 is 2.85 bits per heavy atom. The number of amides is 1. The standard InChI is InChI=1S/C8H11N3O2/c1-2-5-13-8-6(7(9)12)10-3-4-11-8/h3-4H,2,5H2,1H3,(H2,9,12). The highest BCUT2D eigenvalue weighted by molar-refractivity contribution is 5.92. The highest BCUT2D eigenvalue weighted by Crippen LogP contribution is 2.10. The predicted molar refractivity (Wildman–Crippen MR) is 46.3 cm³/mol. The van der Waals surface area contributed by atoms with Gasteiger partial charge in [-0.25, -0.2) is 9.97 Å². The lowest BCUT2D eigenvalue weighted by molar-refractivity contribution is 0.0990. The number of ether oxygens (including phenoxy) is 1. The Kier molecular flexibility index (Phi) is 3.19. The zero-order chi connectivity index (χ0) is 9.68. The van der Waals surface area contributed by atoms with E-state index >= 15 is 0 Å². The Bertz CT molecular complexity index is 301. The lowest BCUT2D eigenvalue weighted by atomic mass is 10.4. The van der Waals surface area contributed by atoms with Crippen molar-refractivity contribution in [1.29, 1.82) is 0 Å². The average molecular weight is 181 g/mol. The molecule has 1 aromatic rings. The lowest BCUT2D eigenvalue weighted by Crippen LogP contribution is -2.16. The third-order valence-electron chi connectivity index (χ3n) is 1.34. The fourth-order valence-electron chi connectivity index (χ4n) is 0.799. The fourth-order valence-corrected chi connectivity index (χ4v) is 0.799. The van der Waals surface area contributed by atoms with Crippen molar-refractivity contribution in [3.05, 3.63) is 18.1 Å². The fraction of sp³-hybridized carbons (Fsp3) is 0.375. The van der Waals surface area contributed by atoms with E-state index in [4.69, 9.17) is 10.5 Å². The molecule has 0 aliphatic carbocycles. The molecular weight excluding hydrogens is 170 g/mol. The van der Waals surface area contributed by atoms with Crippen LogP contribution < -0.4 is 10.5 Å². The predicted octanol–water partition coefficient (Wildman–Crippen LogP) is 0.364. The van der Waals surface area contributed by atoms with Crippen molar-refractivity contribution in [2.24, 2.45) is 5.73 Å². The Labute approximate surface area is 75.9 Å². The first-order chi connectivity index (χ1) is 6.25. The van der Waals surface area contributed by atoms with Gasteiger partial charge < -0.3 is 10.5 Å². The summed E-state index contributed by atoms with van der Waals surface area (Å²) in [5.41, 5.74) is 5.14. The second kappa shape index (κ2) is 4.39. The molecule has 1 amide bonds. The Hall–Kier alpha value is -1.65. The molecule has 0 bridgehead atoms. The molecule has 0 radical (unpaired) electrons. The van der Waals surface area contributed by atoms with E-state index in [1.807, 2.05) is 6.92 Å². The first kappa shape index (κ1) is 9.44. The molecule has 0 aliphatic rings. The Morgan fingerprint density at radius 1 is 1.54 bits per heavy atom. The molecule has 5 nitrogen and oxygen atoms in total. The Balaban J connectivity index is 2.84. The van der Waals surface area contributed by atoms with E-state index in [0.717, 1.165) is 6.42 Å². The van der Waals surface area contributed by atoms with E-state index in [1.54, 1.807) is 0 Å². The maximum Gasteiger partial charge on any atom is 0.272 e. The number of carbonyl (C=O) groups excluding carboxylic acids is 1. The van der Waals surface area contributed by atoms with Crippen LogP contribution in [0.5, 0.6) is 5.88 Å². The second-order valence-electron chi connectivity index (χ2n) is 2.42. The molecular formula is C8H11N3O2. The molecule has 0 aliphatic heterocycles. The van der Waals surface area contributed by atoms with Crippen molar-refractivity contribution < 1.29 is 9.53 Å². The van der Waals surface area contributed by atoms with Gasteiger partial charge in [-0.05, 0) is 6.42 Å². The van der Waals surface area contributed by atoms with E-state index in [0.29, 0.717) is 6.61 Å². The first-order valence-electron chi connectivity index (χ1n) is 3.99. The molecule has 2 N–H and O–H groups in total. The molecule has 1 aromatic heterocycles. The maximum atomic E-state index is 10.8. The number of hydrogen-bond acceptors (Lipinski definition) is 4. The van der Waals surface area contributed by atoms with E-state index in [1.165, 1.54) is 12.4 Å². The molecule has 13 heavy (non-hydrogen) atoms. The number of primary amides is 1. The summed E-state index contributed by atoms with van der Waals surface area (Å²) in [5, 5.41) is 0. The van der Waals surface area contributed by atoms with Gasteiger partial charge in [-0.1, -0.05) is 6.92 Å². The zero-order valence-corrected chi connectivity index (χ0v) is 7.36. The second-order valence-corrected chi connectivity index (χ2v) is 2.42. The number of nitrogens with zero attached hydrogens (tertiary/aromatic N) is 2. The smallest absolute Gasteiger partial charge is 0.272 e. The quantitative estimate of drug-likeness (QED) is 0.727. The van der Waals surface area contributed by atoms with E-state index in [9.17, 15) is 4.79 Å². The summed E-state index contributed by atoms with van der Waals surface area (Å²) in [4.78, 5) is 18.4. The summed E-state index contributed by atoms with van der Waals surface area (Å²) < 4.78 is 5.17. The third kappa shape index (κ3) is 2.40. The van der Waals surface area contributed by atoms with Crippen molar-refractivity contribution in [1.82, 2.24) is 9.97 Å². The molecule has 0 aromatic carbocycles. The van der Waals surface area contributed by atoms with Crippen LogP contribution in [0.15, 0.2) is 12.4 Å². The number of rotatable bonds is 4. The minimum atomic E-state index is -0.626. The summed E-state index contributed by atoms with van der Waals surface area (Å²) in [7, 11) is 0. The molecule has 0 saturated carbocycles. The van der Waals surface area contributed by atoms with Gasteiger partial charge in [-0.2, -0.15) is 0 Å². The first-order valence-corrected chi connectivity index (χ1v) is 3.99. The van der Waals surface area contributed by atoms with Gasteiger partial charge in [0.2, 0.25) is 5.88 Å². The van der Waals surface area contributed by atoms with Crippen LogP contribution in [0.25, 0.3) is 0 Å². The Morgan fingerprint density at radius 2 is 2.23 bits per heavy atom. The van der Waals surface area contributed by atoms with Crippen molar-refractivity contribution in [3.63, 3.8) is 0 Å². The van der Waals surface area contributed by atoms with Gasteiger partial charge >= 0.3 is 0 Å². The highest BCUT2D eigenvalue weighted by atomic mass is 16.5. The molecule has 0 saturated heterocycles. The van der Waals surface area contributed by atoms with Crippen LogP contribution >= 0.6 is 0 Å². The summed E-state index contributed by atoms with van der Waals surface area (Å²) in [6, 6.07) is 0. The van der Waals surface area contributed by atoms with Crippen LogP contribution in [-0.4, -0.2) is 22.5 Å². The number of nitrogens with two attached hydrogens (primary N) is 1. The summed E-state index contributed by atoms with van der Waals surface area (Å²) >= 11 is 0. The monoisotopic (exact) mass is 181 g/mol. The molecule has 0 unspecified atom stereocenters. The largest absolute Gasteiger partial charge is 0.476 e. The van der Waals surface area contributed by atoms with Crippen LogP contribution in [0.3, 0.4) is 0 Å². The summed E-state index contributed by atoms with van der Waals surface area (Å²) in [5.74, 6) is -0.420.